The van der Waals surface area contributed by atoms with Gasteiger partial charge in [-0.05, 0) is 77.7 Å². The second-order valence-corrected chi connectivity index (χ2v) is 11.8. The Morgan fingerprint density at radius 2 is 1.07 bits per heavy atom. The third kappa shape index (κ3) is 3.27. The zero-order chi connectivity index (χ0) is 28.6. The van der Waals surface area contributed by atoms with Crippen LogP contribution in [0.2, 0.25) is 0 Å². The molecule has 2 heterocycles. The van der Waals surface area contributed by atoms with E-state index in [1.165, 1.54) is 71.9 Å². The van der Waals surface area contributed by atoms with Crippen LogP contribution in [0.1, 0.15) is 43.2 Å². The normalized spacial score (nSPS) is 13.8. The number of nitrogens with zero attached hydrogens (tertiary/aromatic N) is 2. The van der Waals surface area contributed by atoms with Crippen molar-refractivity contribution >= 4 is 44.9 Å². The molecule has 0 unspecified atom stereocenters. The molecule has 0 bridgehead atoms. The van der Waals surface area contributed by atoms with Gasteiger partial charge in [-0.15, -0.1) is 0 Å². The number of allylic oxidation sites excluding steroid dienone is 1. The van der Waals surface area contributed by atoms with Crippen molar-refractivity contribution in [1.82, 2.24) is 9.13 Å². The highest BCUT2D eigenvalue weighted by atomic mass is 15.0. The highest BCUT2D eigenvalue weighted by Crippen LogP contribution is 2.50. The number of hydrogen-bond acceptors (Lipinski definition) is 0. The molecule has 8 rings (SSSR count). The summed E-state index contributed by atoms with van der Waals surface area (Å²) in [7, 11) is 0. The Balaban J connectivity index is 1.32. The standard InChI is InChI=1S/C40H32N2/c1-5-13-36-28(6-2)31-14-7-10-17-37(31)41(36)26-20-22-29-30-23-21-27(25-35(30)40(3,4)34(29)24-26)42-38-18-11-8-15-32(38)33-16-9-12-19-39(33)42/h5-25H,2H2,1,3-4H3/b13-5-. The van der Waals surface area contributed by atoms with Crippen molar-refractivity contribution in [1.29, 1.82) is 0 Å². The van der Waals surface area contributed by atoms with Crippen LogP contribution >= 0.6 is 0 Å². The van der Waals surface area contributed by atoms with Gasteiger partial charge < -0.3 is 9.13 Å². The zero-order valence-corrected chi connectivity index (χ0v) is 24.2. The van der Waals surface area contributed by atoms with Crippen LogP contribution in [0, 0.1) is 0 Å². The van der Waals surface area contributed by atoms with Crippen molar-refractivity contribution in [2.75, 3.05) is 0 Å². The maximum atomic E-state index is 4.16. The predicted molar refractivity (Wildman–Crippen MR) is 180 cm³/mol. The van der Waals surface area contributed by atoms with Gasteiger partial charge in [-0.25, -0.2) is 0 Å². The van der Waals surface area contributed by atoms with Gasteiger partial charge in [0.2, 0.25) is 0 Å². The van der Waals surface area contributed by atoms with Crippen LogP contribution < -0.4 is 0 Å². The Kier molecular flexibility index (Phi) is 5.27. The van der Waals surface area contributed by atoms with E-state index in [1.807, 2.05) is 6.08 Å². The monoisotopic (exact) mass is 540 g/mol. The van der Waals surface area contributed by atoms with Gasteiger partial charge in [0.25, 0.3) is 0 Å². The molecule has 0 amide bonds. The zero-order valence-electron chi connectivity index (χ0n) is 24.2. The van der Waals surface area contributed by atoms with Crippen molar-refractivity contribution in [3.8, 4) is 22.5 Å². The quantitative estimate of drug-likeness (QED) is 0.210. The van der Waals surface area contributed by atoms with Crippen LogP contribution in [0.15, 0.2) is 122 Å². The van der Waals surface area contributed by atoms with Gasteiger partial charge in [0.15, 0.2) is 0 Å². The Bertz CT molecular complexity index is 2200. The summed E-state index contributed by atoms with van der Waals surface area (Å²) >= 11 is 0. The van der Waals surface area contributed by atoms with E-state index in [0.717, 1.165) is 5.69 Å². The van der Waals surface area contributed by atoms with Crippen LogP contribution in [0.4, 0.5) is 0 Å². The first-order chi connectivity index (χ1) is 20.5. The molecule has 0 spiro atoms. The maximum absolute atomic E-state index is 4.16. The van der Waals surface area contributed by atoms with Crippen LogP contribution in [0.3, 0.4) is 0 Å². The van der Waals surface area contributed by atoms with Crippen molar-refractivity contribution in [3.05, 3.63) is 144 Å². The summed E-state index contributed by atoms with van der Waals surface area (Å²) in [6.07, 6.45) is 6.29. The first kappa shape index (κ1) is 24.7. The fourth-order valence-corrected chi connectivity index (χ4v) is 7.29. The number of benzene rings is 5. The number of rotatable bonds is 4. The van der Waals surface area contributed by atoms with Crippen LogP contribution in [0.25, 0.3) is 67.4 Å². The fourth-order valence-electron chi connectivity index (χ4n) is 7.29. The van der Waals surface area contributed by atoms with Crippen LogP contribution in [0.5, 0.6) is 0 Å². The van der Waals surface area contributed by atoms with E-state index in [4.69, 9.17) is 0 Å². The lowest BCUT2D eigenvalue weighted by Crippen LogP contribution is -2.16. The molecule has 0 aliphatic heterocycles. The van der Waals surface area contributed by atoms with Gasteiger partial charge >= 0.3 is 0 Å². The Morgan fingerprint density at radius 1 is 0.595 bits per heavy atom. The number of aromatic nitrogens is 2. The highest BCUT2D eigenvalue weighted by Gasteiger charge is 2.36. The molecule has 1 aliphatic rings. The molecule has 7 aromatic rings. The molecule has 0 fully saturated rings. The molecule has 1 aliphatic carbocycles. The third-order valence-corrected chi connectivity index (χ3v) is 9.22. The molecule has 2 heteroatoms. The molecule has 0 N–H and O–H groups in total. The summed E-state index contributed by atoms with van der Waals surface area (Å²) in [6, 6.07) is 40.1. The Labute approximate surface area is 246 Å². The lowest BCUT2D eigenvalue weighted by molar-refractivity contribution is 0.659. The lowest BCUT2D eigenvalue weighted by Gasteiger charge is -2.23. The van der Waals surface area contributed by atoms with Crippen LogP contribution in [-0.4, -0.2) is 9.13 Å². The average molecular weight is 541 g/mol. The van der Waals surface area contributed by atoms with Crippen molar-refractivity contribution in [2.45, 2.75) is 26.2 Å². The molecule has 42 heavy (non-hydrogen) atoms. The summed E-state index contributed by atoms with van der Waals surface area (Å²) in [4.78, 5) is 0. The summed E-state index contributed by atoms with van der Waals surface area (Å²) < 4.78 is 4.80. The van der Waals surface area contributed by atoms with Crippen LogP contribution in [-0.2, 0) is 5.41 Å². The van der Waals surface area contributed by atoms with Gasteiger partial charge in [-0.1, -0.05) is 99.3 Å². The first-order valence-corrected chi connectivity index (χ1v) is 14.7. The minimum absolute atomic E-state index is 0.152. The topological polar surface area (TPSA) is 9.86 Å². The first-order valence-electron chi connectivity index (χ1n) is 14.7. The largest absolute Gasteiger partial charge is 0.309 e. The van der Waals surface area contributed by atoms with Crippen molar-refractivity contribution in [2.24, 2.45) is 0 Å². The average Bonchev–Trinajstić information content (AvgIpc) is 3.60. The van der Waals surface area contributed by atoms with Gasteiger partial charge in [0, 0.05) is 38.5 Å². The minimum Gasteiger partial charge on any atom is -0.309 e. The molecule has 202 valence electrons. The maximum Gasteiger partial charge on any atom is 0.0541 e. The SMILES string of the molecule is C=Cc1c(/C=C\C)n(-c2ccc3c(c2)C(C)(C)c2cc(-n4c5ccccc5c5ccccc54)ccc2-3)c2ccccc12. The van der Waals surface area contributed by atoms with Gasteiger partial charge in [-0.2, -0.15) is 0 Å². The van der Waals surface area contributed by atoms with E-state index in [9.17, 15) is 0 Å². The molecule has 0 saturated carbocycles. The molecule has 2 nitrogen and oxygen atoms in total. The molecule has 5 aromatic carbocycles. The number of hydrogen-bond donors (Lipinski definition) is 0. The molecule has 0 atom stereocenters. The molecule has 0 saturated heterocycles. The molecular formula is C40H32N2. The Morgan fingerprint density at radius 3 is 1.60 bits per heavy atom. The summed E-state index contributed by atoms with van der Waals surface area (Å²) in [5.74, 6) is 0. The van der Waals surface area contributed by atoms with E-state index in [1.54, 1.807) is 0 Å². The van der Waals surface area contributed by atoms with E-state index in [0.29, 0.717) is 0 Å². The van der Waals surface area contributed by atoms with E-state index < -0.39 is 0 Å². The van der Waals surface area contributed by atoms with Gasteiger partial charge in [0.05, 0.1) is 22.2 Å². The molecule has 2 aromatic heterocycles. The fraction of sp³-hybridized carbons (Fsp3) is 0.100. The van der Waals surface area contributed by atoms with E-state index >= 15 is 0 Å². The van der Waals surface area contributed by atoms with Crippen molar-refractivity contribution in [3.63, 3.8) is 0 Å². The third-order valence-electron chi connectivity index (χ3n) is 9.22. The summed E-state index contributed by atoms with van der Waals surface area (Å²) in [6.45, 7) is 11.0. The van der Waals surface area contributed by atoms with E-state index in [2.05, 4.69) is 158 Å². The summed E-state index contributed by atoms with van der Waals surface area (Å²) in [5, 5.41) is 3.80. The van der Waals surface area contributed by atoms with Gasteiger partial charge in [-0.3, -0.25) is 0 Å². The number of fused-ring (bicyclic) bond motifs is 7. The molecule has 0 radical (unpaired) electrons. The minimum atomic E-state index is -0.152. The predicted octanol–water partition coefficient (Wildman–Crippen LogP) is 10.7. The lowest BCUT2D eigenvalue weighted by atomic mass is 9.82. The van der Waals surface area contributed by atoms with Gasteiger partial charge in [0.1, 0.15) is 0 Å². The second kappa shape index (κ2) is 8.96. The smallest absolute Gasteiger partial charge is 0.0541 e. The Hall–Kier alpha value is -5.08. The summed E-state index contributed by atoms with van der Waals surface area (Å²) in [5.41, 5.74) is 13.6. The second-order valence-electron chi connectivity index (χ2n) is 11.8. The van der Waals surface area contributed by atoms with E-state index in [-0.39, 0.29) is 5.41 Å². The molecular weight excluding hydrogens is 508 g/mol. The van der Waals surface area contributed by atoms with Crippen molar-refractivity contribution < 1.29 is 0 Å². The highest BCUT2D eigenvalue weighted by molar-refractivity contribution is 6.09. The number of para-hydroxylation sites is 3.